The fourth-order valence-electron chi connectivity index (χ4n) is 2.26. The summed E-state index contributed by atoms with van der Waals surface area (Å²) in [5, 5.41) is 15.4. The Balaban J connectivity index is 1.73. The molecule has 3 rings (SSSR count). The van der Waals surface area contributed by atoms with Gasteiger partial charge in [0.1, 0.15) is 17.2 Å². The summed E-state index contributed by atoms with van der Waals surface area (Å²) >= 11 is 6.12. The number of amides is 3. The molecule has 0 spiro atoms. The Morgan fingerprint density at radius 3 is 2.44 bits per heavy atom. The van der Waals surface area contributed by atoms with Crippen LogP contribution in [-0.2, 0) is 7.05 Å². The molecule has 8 nitrogen and oxygen atoms in total. The van der Waals surface area contributed by atoms with Crippen molar-refractivity contribution in [3.8, 4) is 11.4 Å². The quantitative estimate of drug-likeness (QED) is 0.713. The van der Waals surface area contributed by atoms with Crippen molar-refractivity contribution in [2.45, 2.75) is 0 Å². The van der Waals surface area contributed by atoms with Gasteiger partial charge in [-0.25, -0.2) is 18.3 Å². The maximum Gasteiger partial charge on any atom is 0.326 e. The van der Waals surface area contributed by atoms with Crippen LogP contribution in [-0.4, -0.2) is 32.1 Å². The van der Waals surface area contributed by atoms with Crippen LogP contribution >= 0.6 is 11.6 Å². The first-order chi connectivity index (χ1) is 12.9. The van der Waals surface area contributed by atoms with Gasteiger partial charge < -0.3 is 5.32 Å². The summed E-state index contributed by atoms with van der Waals surface area (Å²) in [5.41, 5.74) is -0.0818. The van der Waals surface area contributed by atoms with E-state index in [1.165, 1.54) is 16.8 Å². The summed E-state index contributed by atoms with van der Waals surface area (Å²) in [5.74, 6) is -2.93. The van der Waals surface area contributed by atoms with Crippen molar-refractivity contribution in [1.29, 1.82) is 0 Å². The average Bonchev–Trinajstić information content (AvgIpc) is 3.02. The van der Waals surface area contributed by atoms with E-state index in [4.69, 9.17) is 11.6 Å². The molecule has 3 amide bonds. The largest absolute Gasteiger partial charge is 0.326 e. The molecule has 0 saturated carbocycles. The molecule has 1 aromatic heterocycles. The minimum atomic E-state index is -1.22. The lowest BCUT2D eigenvalue weighted by Crippen LogP contribution is -2.35. The molecule has 27 heavy (non-hydrogen) atoms. The number of carbonyl (C=O) groups is 2. The Hall–Kier alpha value is -3.40. The SMILES string of the molecule is Cn1nnnc1-c1ccc(NC(=O)NC(=O)c2c(F)cccc2F)c(Cl)c1. The first kappa shape index (κ1) is 18.4. The molecule has 3 aromatic rings. The van der Waals surface area contributed by atoms with E-state index in [9.17, 15) is 18.4 Å². The van der Waals surface area contributed by atoms with Crippen LogP contribution in [0, 0.1) is 11.6 Å². The van der Waals surface area contributed by atoms with Crippen LogP contribution in [0.3, 0.4) is 0 Å². The smallest absolute Gasteiger partial charge is 0.306 e. The summed E-state index contributed by atoms with van der Waals surface area (Å²) in [6.07, 6.45) is 0. The van der Waals surface area contributed by atoms with Gasteiger partial charge in [-0.15, -0.1) is 5.10 Å². The van der Waals surface area contributed by atoms with Crippen molar-refractivity contribution in [3.63, 3.8) is 0 Å². The predicted molar refractivity (Wildman–Crippen MR) is 92.1 cm³/mol. The molecule has 2 N–H and O–H groups in total. The number of urea groups is 1. The number of aromatic nitrogens is 4. The monoisotopic (exact) mass is 392 g/mol. The first-order valence-electron chi connectivity index (χ1n) is 7.45. The summed E-state index contributed by atoms with van der Waals surface area (Å²) in [6, 6.07) is 6.51. The van der Waals surface area contributed by atoms with Crippen LogP contribution in [0.4, 0.5) is 19.3 Å². The Kier molecular flexibility index (Phi) is 5.08. The fourth-order valence-corrected chi connectivity index (χ4v) is 2.49. The minimum absolute atomic E-state index is 0.148. The second-order valence-electron chi connectivity index (χ2n) is 5.33. The van der Waals surface area contributed by atoms with Crippen LogP contribution in [0.1, 0.15) is 10.4 Å². The number of hydrogen-bond acceptors (Lipinski definition) is 5. The normalized spacial score (nSPS) is 10.5. The van der Waals surface area contributed by atoms with Gasteiger partial charge in [-0.1, -0.05) is 17.7 Å². The number of benzene rings is 2. The molecule has 138 valence electrons. The molecule has 0 bridgehead atoms. The Morgan fingerprint density at radius 1 is 1.15 bits per heavy atom. The zero-order valence-electron chi connectivity index (χ0n) is 13.7. The van der Waals surface area contributed by atoms with Gasteiger partial charge in [-0.3, -0.25) is 10.1 Å². The molecule has 0 saturated heterocycles. The van der Waals surface area contributed by atoms with Crippen LogP contribution in [0.25, 0.3) is 11.4 Å². The lowest BCUT2D eigenvalue weighted by Gasteiger charge is -2.10. The van der Waals surface area contributed by atoms with E-state index in [1.54, 1.807) is 13.1 Å². The number of hydrogen-bond donors (Lipinski definition) is 2. The van der Waals surface area contributed by atoms with Crippen molar-refractivity contribution in [1.82, 2.24) is 25.5 Å². The van der Waals surface area contributed by atoms with Crippen LogP contribution < -0.4 is 10.6 Å². The van der Waals surface area contributed by atoms with Crippen LogP contribution in [0.5, 0.6) is 0 Å². The molecule has 2 aromatic carbocycles. The zero-order chi connectivity index (χ0) is 19.6. The lowest BCUT2D eigenvalue weighted by molar-refractivity contribution is 0.0959. The van der Waals surface area contributed by atoms with Gasteiger partial charge in [0.2, 0.25) is 0 Å². The average molecular weight is 393 g/mol. The molecule has 0 aliphatic carbocycles. The molecular formula is C16H11ClF2N6O2. The van der Waals surface area contributed by atoms with E-state index in [1.807, 2.05) is 5.32 Å². The molecular weight excluding hydrogens is 382 g/mol. The molecule has 0 atom stereocenters. The third-order valence-electron chi connectivity index (χ3n) is 3.51. The van der Waals surface area contributed by atoms with Crippen molar-refractivity contribution in [3.05, 3.63) is 58.6 Å². The van der Waals surface area contributed by atoms with E-state index < -0.39 is 29.1 Å². The van der Waals surface area contributed by atoms with Crippen LogP contribution in [0.15, 0.2) is 36.4 Å². The highest BCUT2D eigenvalue weighted by Crippen LogP contribution is 2.27. The number of halogens is 3. The molecule has 0 fully saturated rings. The highest BCUT2D eigenvalue weighted by molar-refractivity contribution is 6.34. The Morgan fingerprint density at radius 2 is 1.85 bits per heavy atom. The van der Waals surface area contributed by atoms with Crippen molar-refractivity contribution >= 4 is 29.2 Å². The Labute approximate surface area is 156 Å². The summed E-state index contributed by atoms with van der Waals surface area (Å²) in [4.78, 5) is 23.9. The van der Waals surface area contributed by atoms with Gasteiger partial charge in [-0.2, -0.15) is 0 Å². The number of nitrogens with zero attached hydrogens (tertiary/aromatic N) is 4. The molecule has 0 aliphatic heterocycles. The third kappa shape index (κ3) is 3.90. The summed E-state index contributed by atoms with van der Waals surface area (Å²) < 4.78 is 28.6. The highest BCUT2D eigenvalue weighted by Gasteiger charge is 2.19. The van der Waals surface area contributed by atoms with E-state index in [-0.39, 0.29) is 10.7 Å². The Bertz CT molecular complexity index is 1020. The van der Waals surface area contributed by atoms with E-state index >= 15 is 0 Å². The summed E-state index contributed by atoms with van der Waals surface area (Å²) in [6.45, 7) is 0. The number of aryl methyl sites for hydroxylation is 1. The maximum absolute atomic E-state index is 13.6. The van der Waals surface area contributed by atoms with Crippen LogP contribution in [0.2, 0.25) is 5.02 Å². The van der Waals surface area contributed by atoms with Gasteiger partial charge in [0.05, 0.1) is 10.7 Å². The van der Waals surface area contributed by atoms with E-state index in [0.29, 0.717) is 11.4 Å². The number of anilines is 1. The number of tetrazole rings is 1. The van der Waals surface area contributed by atoms with Gasteiger partial charge in [-0.05, 0) is 40.8 Å². The fraction of sp³-hybridized carbons (Fsp3) is 0.0625. The van der Waals surface area contributed by atoms with Gasteiger partial charge >= 0.3 is 6.03 Å². The van der Waals surface area contributed by atoms with E-state index in [2.05, 4.69) is 20.8 Å². The van der Waals surface area contributed by atoms with Crippen molar-refractivity contribution < 1.29 is 18.4 Å². The minimum Gasteiger partial charge on any atom is -0.306 e. The topological polar surface area (TPSA) is 102 Å². The molecule has 0 aliphatic rings. The zero-order valence-corrected chi connectivity index (χ0v) is 14.5. The highest BCUT2D eigenvalue weighted by atomic mass is 35.5. The van der Waals surface area contributed by atoms with Crippen molar-refractivity contribution in [2.24, 2.45) is 7.05 Å². The van der Waals surface area contributed by atoms with Gasteiger partial charge in [0.15, 0.2) is 5.82 Å². The second-order valence-corrected chi connectivity index (χ2v) is 5.73. The molecule has 0 radical (unpaired) electrons. The first-order valence-corrected chi connectivity index (χ1v) is 7.83. The number of imide groups is 1. The number of nitrogens with one attached hydrogen (secondary N) is 2. The molecule has 1 heterocycles. The third-order valence-corrected chi connectivity index (χ3v) is 3.83. The van der Waals surface area contributed by atoms with Crippen molar-refractivity contribution in [2.75, 3.05) is 5.32 Å². The maximum atomic E-state index is 13.6. The number of rotatable bonds is 3. The predicted octanol–water partition coefficient (Wildman–Crippen LogP) is 2.77. The van der Waals surface area contributed by atoms with Gasteiger partial charge in [0.25, 0.3) is 5.91 Å². The molecule has 11 heteroatoms. The number of carbonyl (C=O) groups excluding carboxylic acids is 2. The van der Waals surface area contributed by atoms with E-state index in [0.717, 1.165) is 18.2 Å². The molecule has 0 unspecified atom stereocenters. The van der Waals surface area contributed by atoms with Gasteiger partial charge in [0, 0.05) is 12.6 Å². The lowest BCUT2D eigenvalue weighted by atomic mass is 10.2. The standard InChI is InChI=1S/C16H11ClF2N6O2/c1-25-14(22-23-24-25)8-5-6-12(9(17)7-8)20-16(27)21-15(26)13-10(18)3-2-4-11(13)19/h2-7H,1H3,(H2,20,21,26,27). The second kappa shape index (κ2) is 7.46. The summed E-state index contributed by atoms with van der Waals surface area (Å²) in [7, 11) is 1.65.